The third-order valence-corrected chi connectivity index (χ3v) is 4.27. The molecule has 1 aliphatic carbocycles. The van der Waals surface area contributed by atoms with Crippen LogP contribution in [0.1, 0.15) is 42.5 Å². The molecule has 0 aliphatic heterocycles. The van der Waals surface area contributed by atoms with Crippen LogP contribution in [-0.4, -0.2) is 31.0 Å². The van der Waals surface area contributed by atoms with Crippen LogP contribution in [0.5, 0.6) is 5.75 Å². The number of carbonyl (C=O) groups is 2. The van der Waals surface area contributed by atoms with E-state index < -0.39 is 5.91 Å². The molecule has 0 bridgehead atoms. The molecule has 1 aromatic rings. The molecule has 0 saturated heterocycles. The maximum atomic E-state index is 12.0. The van der Waals surface area contributed by atoms with Crippen molar-refractivity contribution in [3.8, 4) is 5.75 Å². The minimum atomic E-state index is -0.502. The molecule has 1 aromatic carbocycles. The number of nitrogens with two attached hydrogens (primary N) is 2. The fourth-order valence-corrected chi connectivity index (χ4v) is 2.96. The standard InChI is InChI=1S/C17H25N3O3.ClH/c18-11-13-4-1-2-7-15(13)20-16(21)8-9-23-14-6-3-5-12(10-14)17(19)22;/h3,5-6,10,13,15H,1-2,4,7-9,11,18H2,(H2,19,22)(H,20,21);1H. The molecule has 6 nitrogen and oxygen atoms in total. The summed E-state index contributed by atoms with van der Waals surface area (Å²) in [5.41, 5.74) is 11.4. The third-order valence-electron chi connectivity index (χ3n) is 4.27. The minimum absolute atomic E-state index is 0. The Balaban J connectivity index is 0.00000288. The molecule has 0 radical (unpaired) electrons. The molecular weight excluding hydrogens is 330 g/mol. The molecular formula is C17H26ClN3O3. The van der Waals surface area contributed by atoms with Gasteiger partial charge in [-0.3, -0.25) is 9.59 Å². The Morgan fingerprint density at radius 2 is 2.00 bits per heavy atom. The molecule has 1 fully saturated rings. The number of hydrogen-bond acceptors (Lipinski definition) is 4. The van der Waals surface area contributed by atoms with E-state index in [0.29, 0.717) is 23.8 Å². The lowest BCUT2D eigenvalue weighted by Crippen LogP contribution is -2.45. The predicted molar refractivity (Wildman–Crippen MR) is 95.3 cm³/mol. The number of primary amides is 1. The van der Waals surface area contributed by atoms with Crippen molar-refractivity contribution in [2.45, 2.75) is 38.1 Å². The molecule has 5 N–H and O–H groups in total. The Morgan fingerprint density at radius 3 is 2.71 bits per heavy atom. The summed E-state index contributed by atoms with van der Waals surface area (Å²) in [4.78, 5) is 23.1. The topological polar surface area (TPSA) is 107 Å². The largest absolute Gasteiger partial charge is 0.493 e. The van der Waals surface area contributed by atoms with Gasteiger partial charge in [-0.05, 0) is 43.5 Å². The van der Waals surface area contributed by atoms with Crippen molar-refractivity contribution in [3.05, 3.63) is 29.8 Å². The summed E-state index contributed by atoms with van der Waals surface area (Å²) < 4.78 is 5.52. The van der Waals surface area contributed by atoms with E-state index in [1.54, 1.807) is 24.3 Å². The molecule has 0 aromatic heterocycles. The lowest BCUT2D eigenvalue weighted by atomic mass is 9.84. The zero-order chi connectivity index (χ0) is 16.7. The highest BCUT2D eigenvalue weighted by atomic mass is 35.5. The smallest absolute Gasteiger partial charge is 0.248 e. The van der Waals surface area contributed by atoms with Gasteiger partial charge in [-0.15, -0.1) is 12.4 Å². The summed E-state index contributed by atoms with van der Waals surface area (Å²) >= 11 is 0. The van der Waals surface area contributed by atoms with E-state index in [2.05, 4.69) is 5.32 Å². The van der Waals surface area contributed by atoms with Gasteiger partial charge < -0.3 is 21.5 Å². The summed E-state index contributed by atoms with van der Waals surface area (Å²) in [7, 11) is 0. The van der Waals surface area contributed by atoms with Crippen molar-refractivity contribution < 1.29 is 14.3 Å². The van der Waals surface area contributed by atoms with Gasteiger partial charge in [0.25, 0.3) is 0 Å². The van der Waals surface area contributed by atoms with Gasteiger partial charge in [-0.1, -0.05) is 18.9 Å². The average molecular weight is 356 g/mol. The van der Waals surface area contributed by atoms with Crippen LogP contribution in [0, 0.1) is 5.92 Å². The van der Waals surface area contributed by atoms with Gasteiger partial charge >= 0.3 is 0 Å². The van der Waals surface area contributed by atoms with E-state index >= 15 is 0 Å². The van der Waals surface area contributed by atoms with Gasteiger partial charge in [0.2, 0.25) is 11.8 Å². The van der Waals surface area contributed by atoms with Crippen molar-refractivity contribution >= 4 is 24.2 Å². The molecule has 0 spiro atoms. The Morgan fingerprint density at radius 1 is 1.25 bits per heavy atom. The molecule has 1 aliphatic rings. The van der Waals surface area contributed by atoms with Crippen LogP contribution in [0.4, 0.5) is 0 Å². The van der Waals surface area contributed by atoms with Crippen LogP contribution in [-0.2, 0) is 4.79 Å². The zero-order valence-corrected chi connectivity index (χ0v) is 14.5. The molecule has 2 atom stereocenters. The SMILES string of the molecule is Cl.NCC1CCCCC1NC(=O)CCOc1cccc(C(N)=O)c1. The molecule has 2 amide bonds. The number of nitrogens with one attached hydrogen (secondary N) is 1. The Kier molecular flexibility index (Phi) is 8.57. The molecule has 7 heteroatoms. The van der Waals surface area contributed by atoms with Crippen molar-refractivity contribution in [2.75, 3.05) is 13.2 Å². The van der Waals surface area contributed by atoms with E-state index in [0.717, 1.165) is 19.3 Å². The molecule has 2 rings (SSSR count). The van der Waals surface area contributed by atoms with Gasteiger partial charge in [0, 0.05) is 11.6 Å². The Hall–Kier alpha value is -1.79. The van der Waals surface area contributed by atoms with Crippen LogP contribution >= 0.6 is 12.4 Å². The predicted octanol–water partition coefficient (Wildman–Crippen LogP) is 1.61. The van der Waals surface area contributed by atoms with Gasteiger partial charge in [0.05, 0.1) is 13.0 Å². The summed E-state index contributed by atoms with van der Waals surface area (Å²) in [6, 6.07) is 6.81. The lowest BCUT2D eigenvalue weighted by molar-refractivity contribution is -0.122. The van der Waals surface area contributed by atoms with Crippen LogP contribution < -0.4 is 21.5 Å². The van der Waals surface area contributed by atoms with E-state index in [-0.39, 0.29) is 37.4 Å². The Labute approximate surface area is 148 Å². The first-order chi connectivity index (χ1) is 11.1. The number of halogens is 1. The summed E-state index contributed by atoms with van der Waals surface area (Å²) in [6.07, 6.45) is 4.67. The fourth-order valence-electron chi connectivity index (χ4n) is 2.96. The first kappa shape index (κ1) is 20.3. The number of rotatable bonds is 7. The third kappa shape index (κ3) is 6.02. The van der Waals surface area contributed by atoms with E-state index in [9.17, 15) is 9.59 Å². The highest BCUT2D eigenvalue weighted by Crippen LogP contribution is 2.23. The molecule has 134 valence electrons. The molecule has 2 unspecified atom stereocenters. The van der Waals surface area contributed by atoms with E-state index in [4.69, 9.17) is 16.2 Å². The van der Waals surface area contributed by atoms with Crippen molar-refractivity contribution in [2.24, 2.45) is 17.4 Å². The van der Waals surface area contributed by atoms with Crippen molar-refractivity contribution in [1.29, 1.82) is 0 Å². The second-order valence-electron chi connectivity index (χ2n) is 5.94. The monoisotopic (exact) mass is 355 g/mol. The number of benzene rings is 1. The minimum Gasteiger partial charge on any atom is -0.493 e. The summed E-state index contributed by atoms with van der Waals surface area (Å²) in [5, 5.41) is 3.06. The zero-order valence-electron chi connectivity index (χ0n) is 13.7. The highest BCUT2D eigenvalue weighted by Gasteiger charge is 2.25. The van der Waals surface area contributed by atoms with Gasteiger partial charge in [0.15, 0.2) is 0 Å². The van der Waals surface area contributed by atoms with Crippen molar-refractivity contribution in [1.82, 2.24) is 5.32 Å². The van der Waals surface area contributed by atoms with Gasteiger partial charge in [0.1, 0.15) is 5.75 Å². The van der Waals surface area contributed by atoms with Crippen LogP contribution in [0.15, 0.2) is 24.3 Å². The molecule has 0 heterocycles. The second kappa shape index (κ2) is 10.2. The number of amides is 2. The fraction of sp³-hybridized carbons (Fsp3) is 0.529. The maximum Gasteiger partial charge on any atom is 0.248 e. The number of hydrogen-bond donors (Lipinski definition) is 3. The number of ether oxygens (including phenoxy) is 1. The second-order valence-corrected chi connectivity index (χ2v) is 5.94. The maximum absolute atomic E-state index is 12.0. The van der Waals surface area contributed by atoms with Gasteiger partial charge in [-0.25, -0.2) is 0 Å². The lowest BCUT2D eigenvalue weighted by Gasteiger charge is -2.31. The summed E-state index contributed by atoms with van der Waals surface area (Å²) in [6.45, 7) is 0.870. The first-order valence-corrected chi connectivity index (χ1v) is 8.12. The highest BCUT2D eigenvalue weighted by molar-refractivity contribution is 5.93. The Bertz CT molecular complexity index is 554. The number of carbonyl (C=O) groups excluding carboxylic acids is 2. The molecule has 1 saturated carbocycles. The molecule has 24 heavy (non-hydrogen) atoms. The average Bonchev–Trinajstić information content (AvgIpc) is 2.55. The van der Waals surface area contributed by atoms with Crippen LogP contribution in [0.2, 0.25) is 0 Å². The van der Waals surface area contributed by atoms with Crippen LogP contribution in [0.25, 0.3) is 0 Å². The van der Waals surface area contributed by atoms with Gasteiger partial charge in [-0.2, -0.15) is 0 Å². The van der Waals surface area contributed by atoms with Crippen molar-refractivity contribution in [3.63, 3.8) is 0 Å². The summed E-state index contributed by atoms with van der Waals surface area (Å²) in [5.74, 6) is 0.382. The van der Waals surface area contributed by atoms with Crippen LogP contribution in [0.3, 0.4) is 0 Å². The van der Waals surface area contributed by atoms with E-state index in [1.165, 1.54) is 6.42 Å². The van der Waals surface area contributed by atoms with E-state index in [1.807, 2.05) is 0 Å². The quantitative estimate of drug-likeness (QED) is 0.690. The first-order valence-electron chi connectivity index (χ1n) is 8.12. The normalized spacial score (nSPS) is 19.9.